The van der Waals surface area contributed by atoms with Crippen molar-refractivity contribution in [3.63, 3.8) is 0 Å². The largest absolute Gasteiger partial charge is 0.351 e. The lowest BCUT2D eigenvalue weighted by atomic mass is 10.2. The number of aromatic nitrogens is 1. The van der Waals surface area contributed by atoms with Gasteiger partial charge in [-0.1, -0.05) is 18.2 Å². The number of carbonyl (C=O) groups excluding carboxylic acids is 1. The second-order valence-corrected chi connectivity index (χ2v) is 2.83. The first-order valence-electron chi connectivity index (χ1n) is 3.97. The fourth-order valence-corrected chi connectivity index (χ4v) is 1.42. The Morgan fingerprint density at radius 1 is 1.36 bits per heavy atom. The van der Waals surface area contributed by atoms with Crippen LogP contribution in [0.4, 0.5) is 10.5 Å². The highest BCUT2D eigenvalue weighted by molar-refractivity contribution is 5.98. The van der Waals surface area contributed by atoms with Crippen molar-refractivity contribution in [1.29, 1.82) is 0 Å². The van der Waals surface area contributed by atoms with Gasteiger partial charge in [0.05, 0.1) is 5.52 Å². The number of amides is 1. The zero-order chi connectivity index (χ0) is 10.1. The molecule has 0 spiro atoms. The molecule has 1 aromatic carbocycles. The van der Waals surface area contributed by atoms with Crippen molar-refractivity contribution in [3.8, 4) is 0 Å². The van der Waals surface area contributed by atoms with Gasteiger partial charge in [-0.25, -0.2) is 4.79 Å². The molecule has 0 saturated carbocycles. The second-order valence-electron chi connectivity index (χ2n) is 2.83. The van der Waals surface area contributed by atoms with E-state index in [9.17, 15) is 9.70 Å². The number of nitrogens with zero attached hydrogens (tertiary/aromatic N) is 2. The van der Waals surface area contributed by atoms with E-state index in [4.69, 9.17) is 5.73 Å². The Morgan fingerprint density at radius 3 is 2.71 bits per heavy atom. The summed E-state index contributed by atoms with van der Waals surface area (Å²) in [5.74, 6) is 0. The summed E-state index contributed by atoms with van der Waals surface area (Å²) in [4.78, 5) is 21.4. The zero-order valence-electron chi connectivity index (χ0n) is 7.18. The number of nitrogens with two attached hydrogens (primary N) is 1. The highest BCUT2D eigenvalue weighted by atomic mass is 16.3. The van der Waals surface area contributed by atoms with Gasteiger partial charge in [-0.05, 0) is 11.2 Å². The van der Waals surface area contributed by atoms with Gasteiger partial charge >= 0.3 is 6.03 Å². The highest BCUT2D eigenvalue weighted by Gasteiger charge is 2.10. The number of hydrogen-bond acceptors (Lipinski definition) is 3. The van der Waals surface area contributed by atoms with Crippen LogP contribution in [-0.2, 0) is 0 Å². The molecule has 0 aliphatic rings. The maximum atomic E-state index is 11.0. The summed E-state index contributed by atoms with van der Waals surface area (Å²) in [5.41, 5.74) is 5.94. The average molecular weight is 189 g/mol. The summed E-state index contributed by atoms with van der Waals surface area (Å²) in [5, 5.41) is 3.45. The molecule has 14 heavy (non-hydrogen) atoms. The van der Waals surface area contributed by atoms with Crippen LogP contribution in [0.25, 0.3) is 10.9 Å². The van der Waals surface area contributed by atoms with Crippen LogP contribution >= 0.6 is 0 Å². The van der Waals surface area contributed by atoms with Crippen LogP contribution in [0.2, 0.25) is 0 Å². The maximum Gasteiger partial charge on any atom is 0.323 e. The predicted octanol–water partition coefficient (Wildman–Crippen LogP) is 1.97. The smallest absolute Gasteiger partial charge is 0.323 e. The number of benzene rings is 1. The molecule has 2 N–H and O–H groups in total. The van der Waals surface area contributed by atoms with Crippen LogP contribution in [0, 0.1) is 4.91 Å². The third-order valence-corrected chi connectivity index (χ3v) is 2.03. The number of primary amides is 1. The van der Waals surface area contributed by atoms with Crippen LogP contribution in [0.3, 0.4) is 0 Å². The number of nitroso groups, excluding NO2 is 1. The van der Waals surface area contributed by atoms with Crippen molar-refractivity contribution < 1.29 is 4.79 Å². The zero-order valence-corrected chi connectivity index (χ0v) is 7.18. The molecule has 0 radical (unpaired) electrons. The van der Waals surface area contributed by atoms with Crippen molar-refractivity contribution >= 4 is 22.6 Å². The Labute approximate surface area is 79.1 Å². The normalized spacial score (nSPS) is 10.3. The first kappa shape index (κ1) is 8.43. The van der Waals surface area contributed by atoms with E-state index in [0.717, 1.165) is 0 Å². The Bertz CT molecular complexity index is 516. The number of para-hydroxylation sites is 1. The number of fused-ring (bicyclic) bond motifs is 1. The average Bonchev–Trinajstić information content (AvgIpc) is 2.56. The van der Waals surface area contributed by atoms with Crippen LogP contribution in [0.5, 0.6) is 0 Å². The lowest BCUT2D eigenvalue weighted by molar-refractivity contribution is 0.251. The quantitative estimate of drug-likeness (QED) is 0.696. The maximum absolute atomic E-state index is 11.0. The third-order valence-electron chi connectivity index (χ3n) is 2.03. The predicted molar refractivity (Wildman–Crippen MR) is 52.4 cm³/mol. The first-order valence-corrected chi connectivity index (χ1v) is 3.97. The van der Waals surface area contributed by atoms with Crippen molar-refractivity contribution in [2.24, 2.45) is 10.9 Å². The van der Waals surface area contributed by atoms with Gasteiger partial charge in [-0.3, -0.25) is 4.57 Å². The Kier molecular flexibility index (Phi) is 1.78. The molecule has 0 bridgehead atoms. The monoisotopic (exact) mass is 189 g/mol. The third kappa shape index (κ3) is 1.06. The minimum Gasteiger partial charge on any atom is -0.351 e. The molecule has 70 valence electrons. The molecule has 5 heteroatoms. The van der Waals surface area contributed by atoms with Crippen LogP contribution in [0.1, 0.15) is 0 Å². The molecule has 0 fully saturated rings. The van der Waals surface area contributed by atoms with Gasteiger partial charge in [0, 0.05) is 11.6 Å². The SMILES string of the molecule is NC(=O)n1cc(N=O)c2ccccc21. The molecule has 5 nitrogen and oxygen atoms in total. The fourth-order valence-electron chi connectivity index (χ4n) is 1.42. The van der Waals surface area contributed by atoms with Crippen molar-refractivity contribution in [2.75, 3.05) is 0 Å². The van der Waals surface area contributed by atoms with E-state index in [1.807, 2.05) is 0 Å². The molecular formula is C9H7N3O2. The highest BCUT2D eigenvalue weighted by Crippen LogP contribution is 2.27. The van der Waals surface area contributed by atoms with E-state index < -0.39 is 6.03 Å². The van der Waals surface area contributed by atoms with Crippen molar-refractivity contribution in [2.45, 2.75) is 0 Å². The summed E-state index contributed by atoms with van der Waals surface area (Å²) in [7, 11) is 0. The lowest BCUT2D eigenvalue weighted by Gasteiger charge is -1.96. The van der Waals surface area contributed by atoms with Crippen molar-refractivity contribution in [3.05, 3.63) is 35.4 Å². The van der Waals surface area contributed by atoms with Gasteiger partial charge in [-0.2, -0.15) is 0 Å². The molecule has 0 aliphatic heterocycles. The van der Waals surface area contributed by atoms with Crippen molar-refractivity contribution in [1.82, 2.24) is 4.57 Å². The van der Waals surface area contributed by atoms with Crippen LogP contribution in [0.15, 0.2) is 35.6 Å². The molecule has 1 heterocycles. The minimum absolute atomic E-state index is 0.222. The van der Waals surface area contributed by atoms with Gasteiger partial charge in [0.2, 0.25) is 0 Å². The van der Waals surface area contributed by atoms with E-state index in [2.05, 4.69) is 5.18 Å². The summed E-state index contributed by atoms with van der Waals surface area (Å²) < 4.78 is 1.20. The van der Waals surface area contributed by atoms with Crippen LogP contribution in [-0.4, -0.2) is 10.6 Å². The first-order chi connectivity index (χ1) is 6.74. The summed E-state index contributed by atoms with van der Waals surface area (Å²) in [6.07, 6.45) is 1.33. The van der Waals surface area contributed by atoms with Gasteiger partial charge in [0.25, 0.3) is 0 Å². The Balaban J connectivity index is 2.86. The Morgan fingerprint density at radius 2 is 2.07 bits per heavy atom. The van der Waals surface area contributed by atoms with E-state index in [1.54, 1.807) is 24.3 Å². The number of carbonyl (C=O) groups is 1. The summed E-state index contributed by atoms with van der Waals surface area (Å²) >= 11 is 0. The molecule has 0 saturated heterocycles. The van der Waals surface area contributed by atoms with Gasteiger partial charge < -0.3 is 5.73 Å². The van der Waals surface area contributed by atoms with Gasteiger partial charge in [0.1, 0.15) is 5.69 Å². The van der Waals surface area contributed by atoms with Crippen LogP contribution < -0.4 is 5.73 Å². The topological polar surface area (TPSA) is 77.5 Å². The lowest BCUT2D eigenvalue weighted by Crippen LogP contribution is -2.17. The minimum atomic E-state index is -0.629. The van der Waals surface area contributed by atoms with Gasteiger partial charge in [-0.15, -0.1) is 4.91 Å². The van der Waals surface area contributed by atoms with E-state index in [1.165, 1.54) is 10.8 Å². The number of rotatable bonds is 1. The molecule has 2 rings (SSSR count). The second kappa shape index (κ2) is 2.95. The summed E-state index contributed by atoms with van der Waals surface area (Å²) in [6.45, 7) is 0. The molecule has 1 amide bonds. The molecule has 0 atom stereocenters. The van der Waals surface area contributed by atoms with E-state index in [-0.39, 0.29) is 5.69 Å². The molecule has 1 aromatic heterocycles. The molecule has 2 aromatic rings. The fraction of sp³-hybridized carbons (Fsp3) is 0. The molecule has 0 aliphatic carbocycles. The van der Waals surface area contributed by atoms with E-state index in [0.29, 0.717) is 10.9 Å². The number of hydrogen-bond donors (Lipinski definition) is 1. The van der Waals surface area contributed by atoms with Gasteiger partial charge in [0.15, 0.2) is 0 Å². The molecular weight excluding hydrogens is 182 g/mol. The van der Waals surface area contributed by atoms with E-state index >= 15 is 0 Å². The Hall–Kier alpha value is -2.17. The summed E-state index contributed by atoms with van der Waals surface area (Å²) in [6, 6.07) is 6.31. The standard InChI is InChI=1S/C9H7N3O2/c10-9(13)12-5-7(11-14)6-3-1-2-4-8(6)12/h1-5H,(H2,10,13). The molecule has 0 unspecified atom stereocenters.